The zero-order chi connectivity index (χ0) is 23.7. The predicted octanol–water partition coefficient (Wildman–Crippen LogP) is 8.24. The van der Waals surface area contributed by atoms with Gasteiger partial charge in [0.25, 0.3) is 0 Å². The van der Waals surface area contributed by atoms with Gasteiger partial charge < -0.3 is 9.47 Å². The van der Waals surface area contributed by atoms with E-state index in [0.29, 0.717) is 11.8 Å². The van der Waals surface area contributed by atoms with Gasteiger partial charge in [0, 0.05) is 0 Å². The van der Waals surface area contributed by atoms with Crippen LogP contribution in [0.25, 0.3) is 0 Å². The average molecular weight is 467 g/mol. The number of carbonyl (C=O) groups is 1. The number of hydrogen-bond donors (Lipinski definition) is 0. The molecule has 33 heavy (non-hydrogen) atoms. The summed E-state index contributed by atoms with van der Waals surface area (Å²) in [4.78, 5) is 12.5. The zero-order valence-corrected chi connectivity index (χ0v) is 19.6. The quantitative estimate of drug-likeness (QED) is 0.159. The van der Waals surface area contributed by atoms with E-state index in [2.05, 4.69) is 23.8 Å². The molecule has 0 N–H and O–H groups in total. The topological polar surface area (TPSA) is 35.5 Å². The summed E-state index contributed by atoms with van der Waals surface area (Å²) in [7, 11) is 0. The maximum Gasteiger partial charge on any atom is 0.573 e. The van der Waals surface area contributed by atoms with Crippen LogP contribution in [0.3, 0.4) is 0 Å². The van der Waals surface area contributed by atoms with Gasteiger partial charge in [-0.15, -0.1) is 13.2 Å². The van der Waals surface area contributed by atoms with Gasteiger partial charge in [-0.2, -0.15) is 0 Å². The third kappa shape index (κ3) is 9.05. The summed E-state index contributed by atoms with van der Waals surface area (Å²) in [5, 5.41) is 0. The maximum absolute atomic E-state index is 12.5. The van der Waals surface area contributed by atoms with E-state index in [9.17, 15) is 18.0 Å². The molecular formula is C27H37F3O3. The van der Waals surface area contributed by atoms with E-state index in [-0.39, 0.29) is 23.4 Å². The first-order chi connectivity index (χ1) is 15.8. The minimum absolute atomic E-state index is 0.153. The fraction of sp³-hybridized carbons (Fsp3) is 0.667. The number of benzene rings is 1. The van der Waals surface area contributed by atoms with Crippen LogP contribution in [0, 0.1) is 23.7 Å². The second-order valence-electron chi connectivity index (χ2n) is 9.71. The molecule has 3 rings (SSSR count). The second-order valence-corrected chi connectivity index (χ2v) is 9.71. The molecule has 0 bridgehead atoms. The van der Waals surface area contributed by atoms with Gasteiger partial charge in [0.15, 0.2) is 0 Å². The predicted molar refractivity (Wildman–Crippen MR) is 123 cm³/mol. The van der Waals surface area contributed by atoms with Crippen LogP contribution >= 0.6 is 0 Å². The minimum Gasteiger partial charge on any atom is -0.426 e. The lowest BCUT2D eigenvalue weighted by Gasteiger charge is -2.28. The number of ether oxygens (including phenoxy) is 2. The molecule has 2 aliphatic rings. The van der Waals surface area contributed by atoms with E-state index in [0.717, 1.165) is 43.7 Å². The monoisotopic (exact) mass is 466 g/mol. The van der Waals surface area contributed by atoms with Crippen molar-refractivity contribution in [2.75, 3.05) is 0 Å². The van der Waals surface area contributed by atoms with Crippen LogP contribution in [0.5, 0.6) is 11.5 Å². The van der Waals surface area contributed by atoms with E-state index >= 15 is 0 Å². The Morgan fingerprint density at radius 2 is 1.42 bits per heavy atom. The highest BCUT2D eigenvalue weighted by molar-refractivity contribution is 5.75. The van der Waals surface area contributed by atoms with Crippen molar-refractivity contribution < 1.29 is 27.4 Å². The largest absolute Gasteiger partial charge is 0.573 e. The molecule has 2 saturated carbocycles. The Morgan fingerprint density at radius 1 is 0.879 bits per heavy atom. The number of esters is 1. The minimum atomic E-state index is -4.74. The van der Waals surface area contributed by atoms with Crippen LogP contribution in [0.2, 0.25) is 0 Å². The molecule has 0 saturated heterocycles. The van der Waals surface area contributed by atoms with Crippen LogP contribution in [0.15, 0.2) is 36.4 Å². The lowest BCUT2D eigenvalue weighted by atomic mass is 9.78. The SMILES string of the molecule is CCCCCC1CCC(C=CC2CCC(C(=O)Oc3ccc(OC(F)(F)F)cc3)CC2)CC1. The Labute approximate surface area is 195 Å². The summed E-state index contributed by atoms with van der Waals surface area (Å²) < 4.78 is 45.9. The normalized spacial score (nSPS) is 26.3. The van der Waals surface area contributed by atoms with Crippen molar-refractivity contribution in [1.82, 2.24) is 0 Å². The van der Waals surface area contributed by atoms with Crippen molar-refractivity contribution in [3.05, 3.63) is 36.4 Å². The highest BCUT2D eigenvalue weighted by Gasteiger charge is 2.31. The molecule has 0 amide bonds. The van der Waals surface area contributed by atoms with Gasteiger partial charge in [0.2, 0.25) is 0 Å². The third-order valence-corrected chi connectivity index (χ3v) is 7.14. The summed E-state index contributed by atoms with van der Waals surface area (Å²) in [6.07, 6.45) is 14.4. The number of rotatable bonds is 9. The maximum atomic E-state index is 12.5. The summed E-state index contributed by atoms with van der Waals surface area (Å²) >= 11 is 0. The molecule has 0 spiro atoms. The van der Waals surface area contributed by atoms with Gasteiger partial charge in [-0.25, -0.2) is 0 Å². The summed E-state index contributed by atoms with van der Waals surface area (Å²) in [5.74, 6) is 1.61. The Kier molecular flexibility index (Phi) is 9.69. The van der Waals surface area contributed by atoms with Crippen LogP contribution in [-0.4, -0.2) is 12.3 Å². The highest BCUT2D eigenvalue weighted by atomic mass is 19.4. The molecule has 184 valence electrons. The summed E-state index contributed by atoms with van der Waals surface area (Å²) in [6, 6.07) is 4.95. The molecule has 0 atom stereocenters. The Bertz CT molecular complexity index is 741. The van der Waals surface area contributed by atoms with E-state index in [1.165, 1.54) is 63.5 Å². The van der Waals surface area contributed by atoms with Crippen LogP contribution in [0.1, 0.15) is 84.0 Å². The standard InChI is InChI=1S/C27H37F3O3/c1-2-3-4-5-20-6-8-21(9-7-20)10-11-22-12-14-23(15-13-22)26(31)32-24-16-18-25(19-17-24)33-27(28,29)30/h10-11,16-23H,2-9,12-15H2,1H3. The van der Waals surface area contributed by atoms with Gasteiger partial charge >= 0.3 is 12.3 Å². The van der Waals surface area contributed by atoms with Gasteiger partial charge in [-0.3, -0.25) is 4.79 Å². The lowest BCUT2D eigenvalue weighted by molar-refractivity contribution is -0.274. The smallest absolute Gasteiger partial charge is 0.426 e. The van der Waals surface area contributed by atoms with Gasteiger partial charge in [-0.1, -0.05) is 44.8 Å². The fourth-order valence-electron chi connectivity index (χ4n) is 5.12. The van der Waals surface area contributed by atoms with E-state index in [4.69, 9.17) is 4.74 Å². The number of alkyl halides is 3. The summed E-state index contributed by atoms with van der Waals surface area (Å²) in [5.41, 5.74) is 0. The number of halogens is 3. The number of unbranched alkanes of at least 4 members (excludes halogenated alkanes) is 2. The fourth-order valence-corrected chi connectivity index (χ4v) is 5.12. The molecule has 3 nitrogen and oxygen atoms in total. The van der Waals surface area contributed by atoms with Gasteiger partial charge in [0.1, 0.15) is 11.5 Å². The highest BCUT2D eigenvalue weighted by Crippen LogP contribution is 2.35. The first kappa shape index (κ1) is 25.6. The van der Waals surface area contributed by atoms with Crippen molar-refractivity contribution in [1.29, 1.82) is 0 Å². The van der Waals surface area contributed by atoms with Crippen LogP contribution in [-0.2, 0) is 4.79 Å². The molecule has 2 aliphatic carbocycles. The van der Waals surface area contributed by atoms with Crippen molar-refractivity contribution in [2.45, 2.75) is 90.3 Å². The number of hydrogen-bond acceptors (Lipinski definition) is 3. The van der Waals surface area contributed by atoms with E-state index < -0.39 is 6.36 Å². The summed E-state index contributed by atoms with van der Waals surface area (Å²) in [6.45, 7) is 2.26. The average Bonchev–Trinajstić information content (AvgIpc) is 2.79. The molecule has 2 fully saturated rings. The van der Waals surface area contributed by atoms with E-state index in [1.807, 2.05) is 0 Å². The molecule has 0 heterocycles. The third-order valence-electron chi connectivity index (χ3n) is 7.14. The van der Waals surface area contributed by atoms with Crippen molar-refractivity contribution >= 4 is 5.97 Å². The Balaban J connectivity index is 1.35. The molecule has 1 aromatic rings. The molecule has 0 aromatic heterocycles. The second kappa shape index (κ2) is 12.5. The molecule has 0 aliphatic heterocycles. The van der Waals surface area contributed by atoms with Crippen molar-refractivity contribution in [2.24, 2.45) is 23.7 Å². The molecule has 1 aromatic carbocycles. The molecule has 0 radical (unpaired) electrons. The molecule has 6 heteroatoms. The van der Waals surface area contributed by atoms with Crippen molar-refractivity contribution in [3.63, 3.8) is 0 Å². The van der Waals surface area contributed by atoms with Gasteiger partial charge in [-0.05, 0) is 93.4 Å². The molecule has 0 unspecified atom stereocenters. The molecular weight excluding hydrogens is 429 g/mol. The van der Waals surface area contributed by atoms with Crippen molar-refractivity contribution in [3.8, 4) is 11.5 Å². The van der Waals surface area contributed by atoms with E-state index in [1.54, 1.807) is 0 Å². The number of carbonyl (C=O) groups excluding carboxylic acids is 1. The van der Waals surface area contributed by atoms with Gasteiger partial charge in [0.05, 0.1) is 5.92 Å². The van der Waals surface area contributed by atoms with Crippen LogP contribution < -0.4 is 9.47 Å². The first-order valence-corrected chi connectivity index (χ1v) is 12.6. The van der Waals surface area contributed by atoms with Crippen LogP contribution in [0.4, 0.5) is 13.2 Å². The first-order valence-electron chi connectivity index (χ1n) is 12.6. The Morgan fingerprint density at radius 3 is 1.97 bits per heavy atom. The number of allylic oxidation sites excluding steroid dienone is 2. The lowest BCUT2D eigenvalue weighted by Crippen LogP contribution is -2.25. The Hall–Kier alpha value is -1.98. The zero-order valence-electron chi connectivity index (χ0n) is 19.6.